The van der Waals surface area contributed by atoms with Crippen LogP contribution in [0, 0.1) is 0 Å². The Morgan fingerprint density at radius 3 is 2.80 bits per heavy atom. The molecule has 0 aliphatic rings. The molecule has 0 aliphatic carbocycles. The number of rotatable bonds is 6. The Morgan fingerprint density at radius 1 is 1.33 bits per heavy atom. The van der Waals surface area contributed by atoms with Crippen molar-refractivity contribution in [3.8, 4) is 0 Å². The van der Waals surface area contributed by atoms with Gasteiger partial charge in [0.15, 0.2) is 0 Å². The molecular weight excluding hydrogens is 322 g/mol. The van der Waals surface area contributed by atoms with Crippen molar-refractivity contribution < 1.29 is 4.79 Å². The van der Waals surface area contributed by atoms with E-state index in [1.807, 2.05) is 12.3 Å². The van der Waals surface area contributed by atoms with E-state index in [0.717, 1.165) is 28.2 Å². The van der Waals surface area contributed by atoms with Crippen LogP contribution in [0.3, 0.4) is 0 Å². The maximum absolute atomic E-state index is 11.4. The molecule has 0 unspecified atom stereocenters. The first kappa shape index (κ1) is 12.8. The Labute approximate surface area is 107 Å². The van der Waals surface area contributed by atoms with Crippen LogP contribution in [0.25, 0.3) is 0 Å². The van der Waals surface area contributed by atoms with Gasteiger partial charge < -0.3 is 0 Å². The molecule has 0 radical (unpaired) electrons. The first-order valence-corrected chi connectivity index (χ1v) is 6.81. The summed E-state index contributed by atoms with van der Waals surface area (Å²) in [5.74, 6) is 0.328. The van der Waals surface area contributed by atoms with E-state index in [-0.39, 0.29) is 0 Å². The first-order chi connectivity index (χ1) is 7.22. The number of alkyl halides is 1. The van der Waals surface area contributed by atoms with E-state index >= 15 is 0 Å². The van der Waals surface area contributed by atoms with Gasteiger partial charge in [-0.05, 0) is 40.4 Å². The second-order valence-corrected chi connectivity index (χ2v) is 5.05. The van der Waals surface area contributed by atoms with Crippen molar-refractivity contribution >= 4 is 37.6 Å². The Balaban J connectivity index is 2.33. The standard InChI is InChI=1S/C11H13Br2NO/c12-5-1-2-11(15)4-3-9-6-10(13)8-14-7-9/h6-8H,1-5H2. The van der Waals surface area contributed by atoms with Crippen molar-refractivity contribution in [2.24, 2.45) is 0 Å². The molecule has 1 rings (SSSR count). The Bertz CT molecular complexity index is 328. The summed E-state index contributed by atoms with van der Waals surface area (Å²) in [4.78, 5) is 15.5. The summed E-state index contributed by atoms with van der Waals surface area (Å²) in [6.07, 6.45) is 6.56. The Hall–Kier alpha value is -0.220. The molecule has 0 atom stereocenters. The predicted molar refractivity (Wildman–Crippen MR) is 68.3 cm³/mol. The van der Waals surface area contributed by atoms with Crippen LogP contribution in [-0.2, 0) is 11.2 Å². The van der Waals surface area contributed by atoms with Crippen LogP contribution in [-0.4, -0.2) is 16.1 Å². The van der Waals surface area contributed by atoms with Crippen LogP contribution < -0.4 is 0 Å². The second-order valence-electron chi connectivity index (χ2n) is 3.34. The van der Waals surface area contributed by atoms with E-state index in [4.69, 9.17) is 0 Å². The van der Waals surface area contributed by atoms with Crippen LogP contribution in [0.4, 0.5) is 0 Å². The number of aryl methyl sites for hydroxylation is 1. The summed E-state index contributed by atoms with van der Waals surface area (Å²) in [7, 11) is 0. The minimum Gasteiger partial charge on any atom is -0.300 e. The summed E-state index contributed by atoms with van der Waals surface area (Å²) < 4.78 is 0.966. The molecule has 0 saturated heterocycles. The van der Waals surface area contributed by atoms with Crippen LogP contribution in [0.15, 0.2) is 22.9 Å². The number of hydrogen-bond donors (Lipinski definition) is 0. The number of carbonyl (C=O) groups is 1. The van der Waals surface area contributed by atoms with Gasteiger partial charge in [0.1, 0.15) is 5.78 Å². The van der Waals surface area contributed by atoms with Gasteiger partial charge >= 0.3 is 0 Å². The van der Waals surface area contributed by atoms with E-state index in [9.17, 15) is 4.79 Å². The first-order valence-electron chi connectivity index (χ1n) is 4.89. The summed E-state index contributed by atoms with van der Waals surface area (Å²) in [5.41, 5.74) is 1.11. The van der Waals surface area contributed by atoms with E-state index in [0.29, 0.717) is 18.6 Å². The van der Waals surface area contributed by atoms with Gasteiger partial charge in [-0.25, -0.2) is 0 Å². The number of halogens is 2. The fourth-order valence-corrected chi connectivity index (χ4v) is 1.96. The van der Waals surface area contributed by atoms with Crippen LogP contribution >= 0.6 is 31.9 Å². The fourth-order valence-electron chi connectivity index (χ4n) is 1.27. The molecule has 0 saturated carbocycles. The Kier molecular flexibility index (Phi) is 6.10. The van der Waals surface area contributed by atoms with Gasteiger partial charge in [0.05, 0.1) is 0 Å². The lowest BCUT2D eigenvalue weighted by molar-refractivity contribution is -0.119. The molecule has 15 heavy (non-hydrogen) atoms. The highest BCUT2D eigenvalue weighted by molar-refractivity contribution is 9.10. The van der Waals surface area contributed by atoms with Gasteiger partial charge in [0.2, 0.25) is 0 Å². The van der Waals surface area contributed by atoms with Crippen molar-refractivity contribution in [1.82, 2.24) is 4.98 Å². The topological polar surface area (TPSA) is 30.0 Å². The molecule has 0 spiro atoms. The molecule has 1 heterocycles. The van der Waals surface area contributed by atoms with Gasteiger partial charge in [0.25, 0.3) is 0 Å². The molecule has 82 valence electrons. The monoisotopic (exact) mass is 333 g/mol. The third-order valence-electron chi connectivity index (χ3n) is 2.04. The highest BCUT2D eigenvalue weighted by Crippen LogP contribution is 2.11. The smallest absolute Gasteiger partial charge is 0.133 e. The zero-order chi connectivity index (χ0) is 11.1. The third kappa shape index (κ3) is 5.42. The molecule has 0 fully saturated rings. The Morgan fingerprint density at radius 2 is 2.13 bits per heavy atom. The van der Waals surface area contributed by atoms with Crippen LogP contribution in [0.2, 0.25) is 0 Å². The molecule has 4 heteroatoms. The van der Waals surface area contributed by atoms with E-state index in [2.05, 4.69) is 36.8 Å². The number of nitrogens with zero attached hydrogens (tertiary/aromatic N) is 1. The maximum atomic E-state index is 11.4. The summed E-state index contributed by atoms with van der Waals surface area (Å²) in [5, 5.41) is 0.900. The predicted octanol–water partition coefficient (Wildman–Crippen LogP) is 3.52. The lowest BCUT2D eigenvalue weighted by Crippen LogP contribution is -2.00. The van der Waals surface area contributed by atoms with Crippen LogP contribution in [0.1, 0.15) is 24.8 Å². The van der Waals surface area contributed by atoms with E-state index in [1.165, 1.54) is 0 Å². The average molecular weight is 335 g/mol. The zero-order valence-corrected chi connectivity index (χ0v) is 11.6. The summed E-state index contributed by atoms with van der Waals surface area (Å²) in [6.45, 7) is 0. The van der Waals surface area contributed by atoms with Gasteiger partial charge in [-0.1, -0.05) is 15.9 Å². The molecule has 0 aliphatic heterocycles. The van der Waals surface area contributed by atoms with Gasteiger partial charge in [-0.3, -0.25) is 9.78 Å². The van der Waals surface area contributed by atoms with E-state index < -0.39 is 0 Å². The molecular formula is C11H13Br2NO. The lowest BCUT2D eigenvalue weighted by atomic mass is 10.1. The highest BCUT2D eigenvalue weighted by atomic mass is 79.9. The van der Waals surface area contributed by atoms with Crippen molar-refractivity contribution in [3.05, 3.63) is 28.5 Å². The van der Waals surface area contributed by atoms with Crippen molar-refractivity contribution in [1.29, 1.82) is 0 Å². The number of pyridine rings is 1. The number of Topliss-reactive ketones (excluding diaryl/α,β-unsaturated/α-hetero) is 1. The molecule has 1 aromatic heterocycles. The lowest BCUT2D eigenvalue weighted by Gasteiger charge is -2.00. The highest BCUT2D eigenvalue weighted by Gasteiger charge is 2.02. The number of hydrogen-bond acceptors (Lipinski definition) is 2. The van der Waals surface area contributed by atoms with Gasteiger partial charge in [-0.15, -0.1) is 0 Å². The van der Waals surface area contributed by atoms with E-state index in [1.54, 1.807) is 6.20 Å². The molecule has 0 aromatic carbocycles. The SMILES string of the molecule is O=C(CCCBr)CCc1cncc(Br)c1. The average Bonchev–Trinajstić information content (AvgIpc) is 2.23. The molecule has 0 bridgehead atoms. The normalized spacial score (nSPS) is 10.3. The minimum atomic E-state index is 0.328. The quantitative estimate of drug-likeness (QED) is 0.745. The van der Waals surface area contributed by atoms with Crippen molar-refractivity contribution in [2.45, 2.75) is 25.7 Å². The van der Waals surface area contributed by atoms with Gasteiger partial charge in [0, 0.05) is 35.0 Å². The number of aromatic nitrogens is 1. The van der Waals surface area contributed by atoms with Crippen molar-refractivity contribution in [3.63, 3.8) is 0 Å². The number of carbonyl (C=O) groups excluding carboxylic acids is 1. The molecule has 2 nitrogen and oxygen atoms in total. The summed E-state index contributed by atoms with van der Waals surface area (Å²) >= 11 is 6.67. The molecule has 0 N–H and O–H groups in total. The molecule has 0 amide bonds. The van der Waals surface area contributed by atoms with Crippen molar-refractivity contribution in [2.75, 3.05) is 5.33 Å². The number of ketones is 1. The maximum Gasteiger partial charge on any atom is 0.133 e. The minimum absolute atomic E-state index is 0.328. The zero-order valence-electron chi connectivity index (χ0n) is 8.38. The summed E-state index contributed by atoms with van der Waals surface area (Å²) in [6, 6.07) is 2.00. The van der Waals surface area contributed by atoms with Crippen LogP contribution in [0.5, 0.6) is 0 Å². The third-order valence-corrected chi connectivity index (χ3v) is 3.04. The fraction of sp³-hybridized carbons (Fsp3) is 0.455. The second kappa shape index (κ2) is 7.12. The largest absolute Gasteiger partial charge is 0.300 e. The molecule has 1 aromatic rings. The van der Waals surface area contributed by atoms with Gasteiger partial charge in [-0.2, -0.15) is 0 Å².